The molecule has 0 radical (unpaired) electrons. The molecule has 0 aliphatic carbocycles. The van der Waals surface area contributed by atoms with Gasteiger partial charge in [0.25, 0.3) is 5.91 Å². The molecular formula is C18H13ClFNO4. The van der Waals surface area contributed by atoms with Gasteiger partial charge in [-0.3, -0.25) is 4.79 Å². The minimum atomic E-state index is -0.836. The highest BCUT2D eigenvalue weighted by Gasteiger charge is 2.16. The number of ether oxygens (including phenoxy) is 1. The number of halogens is 2. The molecule has 0 fully saturated rings. The predicted molar refractivity (Wildman–Crippen MR) is 92.6 cm³/mol. The van der Waals surface area contributed by atoms with Crippen molar-refractivity contribution in [1.82, 2.24) is 0 Å². The van der Waals surface area contributed by atoms with Crippen molar-refractivity contribution >= 4 is 34.2 Å². The Balaban J connectivity index is 1.72. The quantitative estimate of drug-likeness (QED) is 0.713. The highest BCUT2D eigenvalue weighted by atomic mass is 35.5. The molecule has 0 spiro atoms. The zero-order valence-electron chi connectivity index (χ0n) is 13.1. The van der Waals surface area contributed by atoms with E-state index in [1.54, 1.807) is 25.1 Å². The first kappa shape index (κ1) is 17.0. The third-order valence-electron chi connectivity index (χ3n) is 3.46. The molecule has 128 valence electrons. The van der Waals surface area contributed by atoms with Crippen molar-refractivity contribution in [1.29, 1.82) is 0 Å². The van der Waals surface area contributed by atoms with Crippen LogP contribution in [0.1, 0.15) is 6.92 Å². The Bertz CT molecular complexity index is 1000. The summed E-state index contributed by atoms with van der Waals surface area (Å²) in [6.45, 7) is 1.56. The number of nitrogens with one attached hydrogen (secondary N) is 1. The fourth-order valence-corrected chi connectivity index (χ4v) is 2.37. The van der Waals surface area contributed by atoms with Gasteiger partial charge in [0, 0.05) is 23.2 Å². The standard InChI is InChI=1S/C18H13ClFNO4/c1-10(18(23)21-12-4-6-15(20)14(19)8-12)24-13-5-2-11-3-7-17(22)25-16(11)9-13/h2-10H,1H3,(H,21,23)/t10-/m0/s1. The van der Waals surface area contributed by atoms with Gasteiger partial charge in [0.15, 0.2) is 6.10 Å². The zero-order valence-corrected chi connectivity index (χ0v) is 13.8. The summed E-state index contributed by atoms with van der Waals surface area (Å²) in [6.07, 6.45) is -0.836. The Hall–Kier alpha value is -2.86. The molecule has 1 atom stereocenters. The van der Waals surface area contributed by atoms with Gasteiger partial charge in [-0.05, 0) is 43.3 Å². The van der Waals surface area contributed by atoms with Gasteiger partial charge in [0.2, 0.25) is 0 Å². The van der Waals surface area contributed by atoms with Crippen LogP contribution in [0.3, 0.4) is 0 Å². The number of amides is 1. The first-order valence-electron chi connectivity index (χ1n) is 7.39. The topological polar surface area (TPSA) is 68.5 Å². The summed E-state index contributed by atoms with van der Waals surface area (Å²) in [7, 11) is 0. The number of carbonyl (C=O) groups excluding carboxylic acids is 1. The first-order valence-corrected chi connectivity index (χ1v) is 7.77. The molecule has 1 heterocycles. The van der Waals surface area contributed by atoms with E-state index in [2.05, 4.69) is 5.32 Å². The van der Waals surface area contributed by atoms with Crippen LogP contribution in [-0.2, 0) is 4.79 Å². The van der Waals surface area contributed by atoms with E-state index in [9.17, 15) is 14.0 Å². The summed E-state index contributed by atoms with van der Waals surface area (Å²) in [5.74, 6) is -0.624. The van der Waals surface area contributed by atoms with Crippen LogP contribution >= 0.6 is 11.6 Å². The smallest absolute Gasteiger partial charge is 0.336 e. The third-order valence-corrected chi connectivity index (χ3v) is 3.75. The molecule has 1 aromatic heterocycles. The fourth-order valence-electron chi connectivity index (χ4n) is 2.19. The Labute approximate surface area is 147 Å². The van der Waals surface area contributed by atoms with Crippen molar-refractivity contribution in [3.63, 3.8) is 0 Å². The lowest BCUT2D eigenvalue weighted by atomic mass is 10.2. The van der Waals surface area contributed by atoms with Crippen LogP contribution in [0.25, 0.3) is 11.0 Å². The third kappa shape index (κ3) is 3.97. The van der Waals surface area contributed by atoms with Gasteiger partial charge in [-0.2, -0.15) is 0 Å². The molecule has 1 amide bonds. The zero-order chi connectivity index (χ0) is 18.0. The normalized spacial score (nSPS) is 12.0. The summed E-state index contributed by atoms with van der Waals surface area (Å²) < 4.78 is 23.8. The first-order chi connectivity index (χ1) is 11.9. The molecular weight excluding hydrogens is 349 g/mol. The van der Waals surface area contributed by atoms with Crippen LogP contribution in [0.2, 0.25) is 5.02 Å². The van der Waals surface area contributed by atoms with E-state index in [0.29, 0.717) is 17.0 Å². The Morgan fingerprint density at radius 3 is 2.72 bits per heavy atom. The minimum Gasteiger partial charge on any atom is -0.481 e. The van der Waals surface area contributed by atoms with Gasteiger partial charge in [-0.25, -0.2) is 9.18 Å². The van der Waals surface area contributed by atoms with Crippen LogP contribution in [0.5, 0.6) is 5.75 Å². The Morgan fingerprint density at radius 2 is 1.96 bits per heavy atom. The van der Waals surface area contributed by atoms with Crippen molar-refractivity contribution in [2.45, 2.75) is 13.0 Å². The number of rotatable bonds is 4. The molecule has 25 heavy (non-hydrogen) atoms. The van der Waals surface area contributed by atoms with Crippen LogP contribution in [-0.4, -0.2) is 12.0 Å². The molecule has 1 N–H and O–H groups in total. The Morgan fingerprint density at radius 1 is 1.20 bits per heavy atom. The van der Waals surface area contributed by atoms with E-state index in [4.69, 9.17) is 20.8 Å². The summed E-state index contributed by atoms with van der Waals surface area (Å²) in [5.41, 5.74) is 0.253. The Kier molecular flexibility index (Phi) is 4.72. The highest BCUT2D eigenvalue weighted by molar-refractivity contribution is 6.31. The lowest BCUT2D eigenvalue weighted by Crippen LogP contribution is -2.30. The monoisotopic (exact) mass is 361 g/mol. The van der Waals surface area contributed by atoms with Gasteiger partial charge in [-0.1, -0.05) is 11.6 Å². The van der Waals surface area contributed by atoms with Crippen LogP contribution in [0, 0.1) is 5.82 Å². The van der Waals surface area contributed by atoms with E-state index >= 15 is 0 Å². The van der Waals surface area contributed by atoms with Crippen LogP contribution in [0.4, 0.5) is 10.1 Å². The maximum Gasteiger partial charge on any atom is 0.336 e. The average molecular weight is 362 g/mol. The largest absolute Gasteiger partial charge is 0.481 e. The van der Waals surface area contributed by atoms with Gasteiger partial charge in [0.1, 0.15) is 17.1 Å². The van der Waals surface area contributed by atoms with Crippen molar-refractivity contribution in [3.8, 4) is 5.75 Å². The van der Waals surface area contributed by atoms with E-state index in [1.807, 2.05) is 0 Å². The minimum absolute atomic E-state index is 0.0871. The highest BCUT2D eigenvalue weighted by Crippen LogP contribution is 2.22. The van der Waals surface area contributed by atoms with Crippen molar-refractivity contribution < 1.29 is 18.3 Å². The average Bonchev–Trinajstić information content (AvgIpc) is 2.57. The van der Waals surface area contributed by atoms with Crippen LogP contribution < -0.4 is 15.7 Å². The van der Waals surface area contributed by atoms with Gasteiger partial charge < -0.3 is 14.5 Å². The van der Waals surface area contributed by atoms with Crippen molar-refractivity contribution in [2.75, 3.05) is 5.32 Å². The second kappa shape index (κ2) is 6.94. The SMILES string of the molecule is C[C@H](Oc1ccc2ccc(=O)oc2c1)C(=O)Nc1ccc(F)c(Cl)c1. The summed E-state index contributed by atoms with van der Waals surface area (Å²) in [6, 6.07) is 11.8. The maximum absolute atomic E-state index is 13.1. The molecule has 0 unspecified atom stereocenters. The molecule has 0 saturated heterocycles. The van der Waals surface area contributed by atoms with Gasteiger partial charge in [-0.15, -0.1) is 0 Å². The molecule has 5 nitrogen and oxygen atoms in total. The molecule has 0 bridgehead atoms. The predicted octanol–water partition coefficient (Wildman–Crippen LogP) is 3.99. The molecule has 3 rings (SSSR count). The fraction of sp³-hybridized carbons (Fsp3) is 0.111. The molecule has 0 aliphatic rings. The molecule has 2 aromatic carbocycles. The number of benzene rings is 2. The number of anilines is 1. The summed E-state index contributed by atoms with van der Waals surface area (Å²) >= 11 is 5.68. The molecule has 0 aliphatic heterocycles. The number of carbonyl (C=O) groups is 1. The van der Waals surface area contributed by atoms with Crippen molar-refractivity contribution in [2.24, 2.45) is 0 Å². The van der Waals surface area contributed by atoms with E-state index in [0.717, 1.165) is 11.5 Å². The lowest BCUT2D eigenvalue weighted by Gasteiger charge is -2.15. The summed E-state index contributed by atoms with van der Waals surface area (Å²) in [5, 5.41) is 3.24. The van der Waals surface area contributed by atoms with Gasteiger partial charge in [0.05, 0.1) is 5.02 Å². The van der Waals surface area contributed by atoms with Crippen LogP contribution in [0.15, 0.2) is 57.7 Å². The second-order valence-electron chi connectivity index (χ2n) is 5.33. The number of hydrogen-bond donors (Lipinski definition) is 1. The van der Waals surface area contributed by atoms with E-state index in [1.165, 1.54) is 24.3 Å². The molecule has 7 heteroatoms. The van der Waals surface area contributed by atoms with Crippen molar-refractivity contribution in [3.05, 3.63) is 69.8 Å². The number of fused-ring (bicyclic) bond motifs is 1. The lowest BCUT2D eigenvalue weighted by molar-refractivity contribution is -0.122. The van der Waals surface area contributed by atoms with Gasteiger partial charge >= 0.3 is 5.63 Å². The number of hydrogen-bond acceptors (Lipinski definition) is 4. The molecule has 0 saturated carbocycles. The molecule has 3 aromatic rings. The summed E-state index contributed by atoms with van der Waals surface area (Å²) in [4.78, 5) is 23.5. The second-order valence-corrected chi connectivity index (χ2v) is 5.74. The van der Waals surface area contributed by atoms with E-state index < -0.39 is 23.5 Å². The van der Waals surface area contributed by atoms with E-state index in [-0.39, 0.29) is 5.02 Å². The maximum atomic E-state index is 13.1.